The largest absolute Gasteiger partial charge is 0.356 e. The average Bonchev–Trinajstić information content (AvgIpc) is 2.66. The predicted molar refractivity (Wildman–Crippen MR) is 99.9 cm³/mol. The fourth-order valence-corrected chi connectivity index (χ4v) is 3.96. The second-order valence-electron chi connectivity index (χ2n) is 7.00. The Morgan fingerprint density at radius 3 is 2.68 bits per heavy atom. The minimum absolute atomic E-state index is 0.104. The molecule has 7 heteroatoms. The van der Waals surface area contributed by atoms with E-state index in [-0.39, 0.29) is 11.8 Å². The monoisotopic (exact) mass is 365 g/mol. The van der Waals surface area contributed by atoms with Crippen LogP contribution < -0.4 is 10.2 Å². The quantitative estimate of drug-likeness (QED) is 0.784. The molecule has 1 aromatic rings. The Morgan fingerprint density at radius 1 is 1.20 bits per heavy atom. The molecule has 0 unspecified atom stereocenters. The molecule has 0 saturated carbocycles. The molecule has 0 atom stereocenters. The van der Waals surface area contributed by atoms with Crippen molar-refractivity contribution in [2.75, 3.05) is 44.2 Å². The van der Waals surface area contributed by atoms with Crippen LogP contribution in [0.2, 0.25) is 5.02 Å². The molecule has 2 saturated heterocycles. The molecule has 0 radical (unpaired) electrons. The Labute approximate surface area is 155 Å². The molecule has 0 aliphatic carbocycles. The van der Waals surface area contributed by atoms with Crippen LogP contribution >= 0.6 is 11.6 Å². The number of carbonyl (C=O) groups is 1. The first-order chi connectivity index (χ1) is 12.2. The summed E-state index contributed by atoms with van der Waals surface area (Å²) < 4.78 is 0. The summed E-state index contributed by atoms with van der Waals surface area (Å²) in [4.78, 5) is 25.2. The van der Waals surface area contributed by atoms with Crippen molar-refractivity contribution in [2.45, 2.75) is 38.5 Å². The van der Waals surface area contributed by atoms with Crippen molar-refractivity contribution in [1.82, 2.24) is 20.2 Å². The normalized spacial score (nSPS) is 19.8. The smallest absolute Gasteiger partial charge is 0.223 e. The first-order valence-corrected chi connectivity index (χ1v) is 9.82. The maximum atomic E-state index is 12.4. The summed E-state index contributed by atoms with van der Waals surface area (Å²) in [6.45, 7) is 5.94. The maximum Gasteiger partial charge on any atom is 0.223 e. The van der Waals surface area contributed by atoms with Gasteiger partial charge in [0.05, 0.1) is 6.20 Å². The number of piperidine rings is 2. The molecular weight excluding hydrogens is 338 g/mol. The van der Waals surface area contributed by atoms with Gasteiger partial charge in [0.1, 0.15) is 11.3 Å². The molecule has 138 valence electrons. The highest BCUT2D eigenvalue weighted by atomic mass is 35.5. The van der Waals surface area contributed by atoms with Crippen LogP contribution in [-0.4, -0.2) is 60.0 Å². The molecule has 25 heavy (non-hydrogen) atoms. The molecule has 0 spiro atoms. The topological polar surface area (TPSA) is 61.4 Å². The van der Waals surface area contributed by atoms with Crippen molar-refractivity contribution in [3.63, 3.8) is 0 Å². The molecule has 3 rings (SSSR count). The van der Waals surface area contributed by atoms with Crippen LogP contribution in [0, 0.1) is 5.92 Å². The fraction of sp³-hybridized carbons (Fsp3) is 0.722. The number of carbonyl (C=O) groups excluding carboxylic acids is 1. The van der Waals surface area contributed by atoms with Crippen LogP contribution in [0.5, 0.6) is 0 Å². The summed E-state index contributed by atoms with van der Waals surface area (Å²) in [6, 6.07) is 0. The van der Waals surface area contributed by atoms with Crippen LogP contribution in [0.3, 0.4) is 0 Å². The van der Waals surface area contributed by atoms with E-state index in [4.69, 9.17) is 11.6 Å². The van der Waals surface area contributed by atoms with Crippen LogP contribution in [0.4, 0.5) is 5.82 Å². The zero-order valence-electron chi connectivity index (χ0n) is 14.8. The van der Waals surface area contributed by atoms with Crippen LogP contribution in [0.1, 0.15) is 38.5 Å². The van der Waals surface area contributed by atoms with E-state index in [2.05, 4.69) is 25.1 Å². The number of nitrogens with zero attached hydrogens (tertiary/aromatic N) is 4. The molecule has 0 aromatic carbocycles. The van der Waals surface area contributed by atoms with Gasteiger partial charge in [0.15, 0.2) is 5.82 Å². The number of aromatic nitrogens is 2. The van der Waals surface area contributed by atoms with Crippen LogP contribution in [-0.2, 0) is 4.79 Å². The molecule has 0 bridgehead atoms. The molecule has 2 fully saturated rings. The highest BCUT2D eigenvalue weighted by Crippen LogP contribution is 2.26. The Hall–Kier alpha value is -1.40. The highest BCUT2D eigenvalue weighted by molar-refractivity contribution is 6.32. The number of amides is 1. The van der Waals surface area contributed by atoms with Crippen molar-refractivity contribution in [1.29, 1.82) is 0 Å². The zero-order valence-corrected chi connectivity index (χ0v) is 15.5. The lowest BCUT2D eigenvalue weighted by molar-refractivity contribution is -0.125. The van der Waals surface area contributed by atoms with Gasteiger partial charge < -0.3 is 15.1 Å². The standard InChI is InChI=1S/C18H28ClN5O/c19-16-13-20-14-22-17(16)24-11-5-15(6-12-24)18(25)21-7-4-10-23-8-2-1-3-9-23/h13-15H,1-12H2,(H,21,25). The van der Waals surface area contributed by atoms with Gasteiger partial charge in [-0.3, -0.25) is 4.79 Å². The fourth-order valence-electron chi connectivity index (χ4n) is 3.73. The summed E-state index contributed by atoms with van der Waals surface area (Å²) >= 11 is 6.16. The molecular formula is C18H28ClN5O. The van der Waals surface area contributed by atoms with E-state index >= 15 is 0 Å². The van der Waals surface area contributed by atoms with Crippen molar-refractivity contribution in [2.24, 2.45) is 5.92 Å². The lowest BCUT2D eigenvalue weighted by atomic mass is 9.96. The van der Waals surface area contributed by atoms with Gasteiger partial charge in [0.2, 0.25) is 5.91 Å². The summed E-state index contributed by atoms with van der Waals surface area (Å²) in [5.74, 6) is 1.08. The van der Waals surface area contributed by atoms with Crippen molar-refractivity contribution < 1.29 is 4.79 Å². The maximum absolute atomic E-state index is 12.4. The van der Waals surface area contributed by atoms with E-state index in [1.54, 1.807) is 6.20 Å². The summed E-state index contributed by atoms with van der Waals surface area (Å²) in [6.07, 6.45) is 9.87. The number of anilines is 1. The minimum Gasteiger partial charge on any atom is -0.356 e. The van der Waals surface area contributed by atoms with Crippen molar-refractivity contribution >= 4 is 23.3 Å². The lowest BCUT2D eigenvalue weighted by Gasteiger charge is -2.32. The number of hydrogen-bond donors (Lipinski definition) is 1. The van der Waals surface area contributed by atoms with Crippen molar-refractivity contribution in [3.8, 4) is 0 Å². The molecule has 2 aliphatic heterocycles. The molecule has 6 nitrogen and oxygen atoms in total. The number of rotatable bonds is 6. The predicted octanol–water partition coefficient (Wildman–Crippen LogP) is 2.34. The van der Waals surface area contributed by atoms with Gasteiger partial charge in [-0.05, 0) is 51.7 Å². The Bertz CT molecular complexity index is 556. The van der Waals surface area contributed by atoms with Gasteiger partial charge in [-0.2, -0.15) is 0 Å². The average molecular weight is 366 g/mol. The number of nitrogens with one attached hydrogen (secondary N) is 1. The third-order valence-electron chi connectivity index (χ3n) is 5.21. The first kappa shape index (κ1) is 18.4. The van der Waals surface area contributed by atoms with Crippen LogP contribution in [0.15, 0.2) is 12.5 Å². The minimum atomic E-state index is 0.104. The van der Waals surface area contributed by atoms with E-state index in [1.165, 1.54) is 38.7 Å². The molecule has 1 aromatic heterocycles. The second kappa shape index (κ2) is 9.34. The van der Waals surface area contributed by atoms with Gasteiger partial charge in [-0.25, -0.2) is 9.97 Å². The highest BCUT2D eigenvalue weighted by Gasteiger charge is 2.26. The number of halogens is 1. The van der Waals surface area contributed by atoms with E-state index in [9.17, 15) is 4.79 Å². The Morgan fingerprint density at radius 2 is 1.96 bits per heavy atom. The third kappa shape index (κ3) is 5.28. The summed E-state index contributed by atoms with van der Waals surface area (Å²) in [5, 5.41) is 3.69. The van der Waals surface area contributed by atoms with E-state index in [0.717, 1.165) is 51.3 Å². The van der Waals surface area contributed by atoms with Gasteiger partial charge in [0.25, 0.3) is 0 Å². The Kier molecular flexibility index (Phi) is 6.87. The lowest BCUT2D eigenvalue weighted by Crippen LogP contribution is -2.41. The van der Waals surface area contributed by atoms with Gasteiger partial charge in [0, 0.05) is 25.6 Å². The molecule has 3 heterocycles. The Balaban J connectivity index is 1.35. The number of likely N-dealkylation sites (tertiary alicyclic amines) is 1. The second-order valence-corrected chi connectivity index (χ2v) is 7.41. The molecule has 1 N–H and O–H groups in total. The number of hydrogen-bond acceptors (Lipinski definition) is 5. The third-order valence-corrected chi connectivity index (χ3v) is 5.48. The van der Waals surface area contributed by atoms with E-state index in [1.807, 2.05) is 0 Å². The summed E-state index contributed by atoms with van der Waals surface area (Å²) in [7, 11) is 0. The van der Waals surface area contributed by atoms with E-state index in [0.29, 0.717) is 5.02 Å². The van der Waals surface area contributed by atoms with Crippen LogP contribution in [0.25, 0.3) is 0 Å². The first-order valence-electron chi connectivity index (χ1n) is 9.44. The molecule has 2 aliphatic rings. The zero-order chi connectivity index (χ0) is 17.5. The van der Waals surface area contributed by atoms with Gasteiger partial charge >= 0.3 is 0 Å². The molecule has 1 amide bonds. The SMILES string of the molecule is O=C(NCCCN1CCCCC1)C1CCN(c2ncncc2Cl)CC1. The van der Waals surface area contributed by atoms with E-state index < -0.39 is 0 Å². The summed E-state index contributed by atoms with van der Waals surface area (Å²) in [5.41, 5.74) is 0. The van der Waals surface area contributed by atoms with Gasteiger partial charge in [-0.15, -0.1) is 0 Å². The van der Waals surface area contributed by atoms with Crippen molar-refractivity contribution in [3.05, 3.63) is 17.5 Å². The van der Waals surface area contributed by atoms with Gasteiger partial charge in [-0.1, -0.05) is 18.0 Å².